The minimum atomic E-state index is 0.180. The number of thiophene rings is 1. The van der Waals surface area contributed by atoms with Crippen molar-refractivity contribution in [2.24, 2.45) is 11.3 Å². The Balaban J connectivity index is 1.48. The molecule has 0 atom stereocenters. The molecule has 0 spiro atoms. The molecule has 5 nitrogen and oxygen atoms in total. The molecule has 2 aromatic heterocycles. The lowest BCUT2D eigenvalue weighted by atomic mass is 9.89. The zero-order chi connectivity index (χ0) is 25.3. The minimum Gasteiger partial charge on any atom is -0.481 e. The number of nitrogens with zero attached hydrogens (tertiary/aromatic N) is 3. The van der Waals surface area contributed by atoms with Crippen molar-refractivity contribution in [3.63, 3.8) is 0 Å². The molecule has 0 unspecified atom stereocenters. The standard InChI is InChI=1S/C29H43N3O2S/c1-19-15-20(2)30-27(34-7)23(19)17-32-12-8-9-24-26(28(32)33)21(3)25(35-24)16-22-10-13-31(14-11-22)18-29(4,5)6/h15,22H,8-14,16-18H2,1-7H3. The van der Waals surface area contributed by atoms with Crippen LogP contribution in [0.3, 0.4) is 0 Å². The van der Waals surface area contributed by atoms with Crippen LogP contribution in [0, 0.1) is 32.1 Å². The molecular weight excluding hydrogens is 454 g/mol. The third-order valence-electron chi connectivity index (χ3n) is 7.51. The number of pyridine rings is 1. The van der Waals surface area contributed by atoms with Gasteiger partial charge in [-0.15, -0.1) is 11.3 Å². The summed E-state index contributed by atoms with van der Waals surface area (Å²) in [7, 11) is 1.66. The second kappa shape index (κ2) is 10.6. The van der Waals surface area contributed by atoms with E-state index < -0.39 is 0 Å². The van der Waals surface area contributed by atoms with Gasteiger partial charge in [0.05, 0.1) is 19.2 Å². The highest BCUT2D eigenvalue weighted by atomic mass is 32.1. The summed E-state index contributed by atoms with van der Waals surface area (Å²) in [5.74, 6) is 1.55. The third kappa shape index (κ3) is 6.08. The van der Waals surface area contributed by atoms with E-state index in [4.69, 9.17) is 4.74 Å². The molecule has 4 rings (SSSR count). The minimum absolute atomic E-state index is 0.180. The number of hydrogen-bond acceptors (Lipinski definition) is 5. The van der Waals surface area contributed by atoms with Crippen LogP contribution in [-0.2, 0) is 19.4 Å². The second-order valence-corrected chi connectivity index (χ2v) is 13.0. The molecule has 0 radical (unpaired) electrons. The third-order valence-corrected chi connectivity index (χ3v) is 8.88. The van der Waals surface area contributed by atoms with E-state index in [1.807, 2.05) is 23.2 Å². The van der Waals surface area contributed by atoms with E-state index in [-0.39, 0.29) is 5.91 Å². The summed E-state index contributed by atoms with van der Waals surface area (Å²) in [6, 6.07) is 2.08. The van der Waals surface area contributed by atoms with Crippen LogP contribution in [0.1, 0.15) is 82.5 Å². The highest BCUT2D eigenvalue weighted by Crippen LogP contribution is 2.36. The quantitative estimate of drug-likeness (QED) is 0.494. The summed E-state index contributed by atoms with van der Waals surface area (Å²) in [5, 5.41) is 0. The zero-order valence-corrected chi connectivity index (χ0v) is 23.6. The molecule has 0 saturated carbocycles. The van der Waals surface area contributed by atoms with Crippen LogP contribution in [0.5, 0.6) is 5.88 Å². The number of aryl methyl sites for hydroxylation is 3. The normalized spacial score (nSPS) is 18.0. The number of carbonyl (C=O) groups excluding carboxylic acids is 1. The number of piperidine rings is 1. The van der Waals surface area contributed by atoms with E-state index in [9.17, 15) is 4.79 Å². The van der Waals surface area contributed by atoms with Gasteiger partial charge in [0.15, 0.2) is 0 Å². The van der Waals surface area contributed by atoms with Crippen LogP contribution in [0.4, 0.5) is 0 Å². The number of fused-ring (bicyclic) bond motifs is 1. The molecule has 2 aliphatic heterocycles. The molecule has 0 bridgehead atoms. The lowest BCUT2D eigenvalue weighted by molar-refractivity contribution is 0.0746. The lowest BCUT2D eigenvalue weighted by Crippen LogP contribution is -2.39. The number of likely N-dealkylation sites (tertiary alicyclic amines) is 1. The SMILES string of the molecule is COc1nc(C)cc(C)c1CN1CCCc2sc(CC3CCN(CC(C)(C)C)CC3)c(C)c2C1=O. The molecule has 35 heavy (non-hydrogen) atoms. The van der Waals surface area contributed by atoms with Crippen LogP contribution in [0.15, 0.2) is 6.07 Å². The first kappa shape index (κ1) is 26.2. The Morgan fingerprint density at radius 1 is 1.14 bits per heavy atom. The van der Waals surface area contributed by atoms with Gasteiger partial charge in [0.2, 0.25) is 5.88 Å². The zero-order valence-electron chi connectivity index (χ0n) is 22.8. The number of methoxy groups -OCH3 is 1. The highest BCUT2D eigenvalue weighted by Gasteiger charge is 2.30. The van der Waals surface area contributed by atoms with Crippen molar-refractivity contribution in [2.75, 3.05) is 33.3 Å². The maximum Gasteiger partial charge on any atom is 0.255 e. The first-order chi connectivity index (χ1) is 16.6. The molecule has 2 aromatic rings. The second-order valence-electron chi connectivity index (χ2n) is 11.8. The van der Waals surface area contributed by atoms with Gasteiger partial charge in [-0.1, -0.05) is 20.8 Å². The maximum absolute atomic E-state index is 13.8. The van der Waals surface area contributed by atoms with Gasteiger partial charge in [0.1, 0.15) is 0 Å². The van der Waals surface area contributed by atoms with Crippen LogP contribution in [0.2, 0.25) is 0 Å². The largest absolute Gasteiger partial charge is 0.481 e. The number of aromatic nitrogens is 1. The number of amides is 1. The number of carbonyl (C=O) groups is 1. The first-order valence-corrected chi connectivity index (χ1v) is 14.0. The summed E-state index contributed by atoms with van der Waals surface area (Å²) in [4.78, 5) is 25.7. The van der Waals surface area contributed by atoms with E-state index in [1.54, 1.807) is 7.11 Å². The fourth-order valence-electron chi connectivity index (χ4n) is 5.78. The van der Waals surface area contributed by atoms with Crippen LogP contribution >= 0.6 is 11.3 Å². The van der Waals surface area contributed by atoms with E-state index in [2.05, 4.69) is 50.6 Å². The molecule has 1 saturated heterocycles. The average molecular weight is 498 g/mol. The Hall–Kier alpha value is -1.92. The van der Waals surface area contributed by atoms with Gasteiger partial charge in [0, 0.05) is 34.1 Å². The smallest absolute Gasteiger partial charge is 0.255 e. The number of hydrogen-bond donors (Lipinski definition) is 0. The Morgan fingerprint density at radius 3 is 2.51 bits per heavy atom. The van der Waals surface area contributed by atoms with Gasteiger partial charge in [0.25, 0.3) is 5.91 Å². The topological polar surface area (TPSA) is 45.7 Å². The van der Waals surface area contributed by atoms with E-state index in [1.165, 1.54) is 47.8 Å². The predicted octanol–water partition coefficient (Wildman–Crippen LogP) is 5.97. The maximum atomic E-state index is 13.8. The van der Waals surface area contributed by atoms with Crippen molar-refractivity contribution in [1.82, 2.24) is 14.8 Å². The number of ether oxygens (including phenoxy) is 1. The van der Waals surface area contributed by atoms with Crippen molar-refractivity contribution in [3.8, 4) is 5.88 Å². The molecule has 1 amide bonds. The van der Waals surface area contributed by atoms with Crippen molar-refractivity contribution in [1.29, 1.82) is 0 Å². The van der Waals surface area contributed by atoms with E-state index in [0.29, 0.717) is 17.8 Å². The molecule has 2 aliphatic rings. The summed E-state index contributed by atoms with van der Waals surface area (Å²) in [6.07, 6.45) is 5.64. The molecule has 192 valence electrons. The fourth-order valence-corrected chi connectivity index (χ4v) is 7.24. The van der Waals surface area contributed by atoms with Crippen molar-refractivity contribution in [2.45, 2.75) is 80.2 Å². The van der Waals surface area contributed by atoms with Crippen LogP contribution in [-0.4, -0.2) is 54.0 Å². The van der Waals surface area contributed by atoms with Gasteiger partial charge in [-0.05, 0) is 94.5 Å². The van der Waals surface area contributed by atoms with Gasteiger partial charge in [-0.3, -0.25) is 4.79 Å². The molecular formula is C29H43N3O2S. The van der Waals surface area contributed by atoms with Crippen molar-refractivity contribution >= 4 is 17.2 Å². The molecule has 0 aliphatic carbocycles. The lowest BCUT2D eigenvalue weighted by Gasteiger charge is -2.36. The van der Waals surface area contributed by atoms with Gasteiger partial charge >= 0.3 is 0 Å². The van der Waals surface area contributed by atoms with Gasteiger partial charge < -0.3 is 14.5 Å². The Bertz CT molecular complexity index is 1060. The summed E-state index contributed by atoms with van der Waals surface area (Å²) in [5.41, 5.74) is 5.65. The first-order valence-electron chi connectivity index (χ1n) is 13.2. The van der Waals surface area contributed by atoms with E-state index in [0.717, 1.165) is 54.1 Å². The molecule has 1 fully saturated rings. The Kier molecular flexibility index (Phi) is 7.92. The molecule has 0 aromatic carbocycles. The molecule has 6 heteroatoms. The summed E-state index contributed by atoms with van der Waals surface area (Å²) < 4.78 is 5.58. The monoisotopic (exact) mass is 497 g/mol. The summed E-state index contributed by atoms with van der Waals surface area (Å²) >= 11 is 1.91. The molecule has 0 N–H and O–H groups in total. The Morgan fingerprint density at radius 2 is 1.86 bits per heavy atom. The predicted molar refractivity (Wildman–Crippen MR) is 145 cm³/mol. The van der Waals surface area contributed by atoms with E-state index >= 15 is 0 Å². The van der Waals surface area contributed by atoms with Crippen molar-refractivity contribution < 1.29 is 9.53 Å². The highest BCUT2D eigenvalue weighted by molar-refractivity contribution is 7.12. The Labute approximate surface area is 215 Å². The molecule has 4 heterocycles. The van der Waals surface area contributed by atoms with Crippen molar-refractivity contribution in [3.05, 3.63) is 43.8 Å². The fraction of sp³-hybridized carbons (Fsp3) is 0.655. The van der Waals surface area contributed by atoms with Crippen LogP contribution < -0.4 is 4.74 Å². The van der Waals surface area contributed by atoms with Crippen LogP contribution in [0.25, 0.3) is 0 Å². The summed E-state index contributed by atoms with van der Waals surface area (Å²) in [6.45, 7) is 18.1. The van der Waals surface area contributed by atoms with Gasteiger partial charge in [-0.25, -0.2) is 4.98 Å². The average Bonchev–Trinajstić information content (AvgIpc) is 2.99. The van der Waals surface area contributed by atoms with Gasteiger partial charge in [-0.2, -0.15) is 0 Å². The number of rotatable bonds is 6.